The summed E-state index contributed by atoms with van der Waals surface area (Å²) >= 11 is 0. The van der Waals surface area contributed by atoms with E-state index in [4.69, 9.17) is 0 Å². The first-order valence-electron chi connectivity index (χ1n) is 8.21. The molecule has 140 valence electrons. The van der Waals surface area contributed by atoms with E-state index in [-0.39, 0.29) is 17.9 Å². The Balaban J connectivity index is 2.19. The zero-order valence-electron chi connectivity index (χ0n) is 14.7. The minimum Gasteiger partial charge on any atom is -0.508 e. The van der Waals surface area contributed by atoms with Gasteiger partial charge < -0.3 is 20.8 Å². The van der Waals surface area contributed by atoms with E-state index in [2.05, 4.69) is 10.6 Å². The Morgan fingerprint density at radius 1 is 1.04 bits per heavy atom. The van der Waals surface area contributed by atoms with Gasteiger partial charge in [0.25, 0.3) is 5.91 Å². The summed E-state index contributed by atoms with van der Waals surface area (Å²) in [5, 5.41) is 23.6. The number of hydrogen-bond donors (Lipinski definition) is 4. The molecule has 2 rings (SSSR count). The van der Waals surface area contributed by atoms with Gasteiger partial charge in [0.05, 0.1) is 0 Å². The first kappa shape index (κ1) is 19.7. The Morgan fingerprint density at radius 2 is 1.67 bits per heavy atom. The van der Waals surface area contributed by atoms with Crippen LogP contribution in [0.5, 0.6) is 5.75 Å². The van der Waals surface area contributed by atoms with Crippen LogP contribution in [-0.2, 0) is 20.8 Å². The van der Waals surface area contributed by atoms with E-state index in [1.165, 1.54) is 25.1 Å². The molecule has 2 aromatic carbocycles. The molecule has 0 radical (unpaired) electrons. The predicted molar refractivity (Wildman–Crippen MR) is 99.6 cm³/mol. The molecule has 7 heteroatoms. The first-order chi connectivity index (χ1) is 12.8. The van der Waals surface area contributed by atoms with Crippen molar-refractivity contribution in [3.05, 3.63) is 71.4 Å². The summed E-state index contributed by atoms with van der Waals surface area (Å²) in [6, 6.07) is 13.7. The van der Waals surface area contributed by atoms with Crippen molar-refractivity contribution in [1.82, 2.24) is 10.6 Å². The maximum atomic E-state index is 12.5. The van der Waals surface area contributed by atoms with Gasteiger partial charge in [0, 0.05) is 13.3 Å². The Labute approximate surface area is 156 Å². The molecule has 0 saturated carbocycles. The number of phenolic OH excluding ortho intramolecular Hbond substituents is 1. The molecule has 0 fully saturated rings. The third-order valence-corrected chi connectivity index (χ3v) is 3.65. The number of aliphatic carboxylic acids is 1. The minimum atomic E-state index is -1.21. The molecule has 0 heterocycles. The number of carbonyl (C=O) groups is 3. The van der Waals surface area contributed by atoms with Crippen molar-refractivity contribution in [3.8, 4) is 5.75 Å². The van der Waals surface area contributed by atoms with E-state index in [0.29, 0.717) is 11.1 Å². The lowest BCUT2D eigenvalue weighted by Crippen LogP contribution is -2.45. The van der Waals surface area contributed by atoms with E-state index in [0.717, 1.165) is 0 Å². The number of phenols is 1. The molecule has 0 bridgehead atoms. The van der Waals surface area contributed by atoms with Crippen LogP contribution in [0.3, 0.4) is 0 Å². The molecule has 2 aromatic rings. The highest BCUT2D eigenvalue weighted by Gasteiger charge is 2.22. The molecule has 1 atom stereocenters. The quantitative estimate of drug-likeness (QED) is 0.555. The monoisotopic (exact) mass is 368 g/mol. The van der Waals surface area contributed by atoms with Gasteiger partial charge in [-0.15, -0.1) is 0 Å². The van der Waals surface area contributed by atoms with Crippen molar-refractivity contribution in [1.29, 1.82) is 0 Å². The summed E-state index contributed by atoms with van der Waals surface area (Å²) in [5.74, 6) is -2.30. The van der Waals surface area contributed by atoms with Gasteiger partial charge in [0.15, 0.2) is 0 Å². The number of carboxylic acids is 1. The number of nitrogens with one attached hydrogen (secondary N) is 2. The highest BCUT2D eigenvalue weighted by atomic mass is 16.4. The van der Waals surface area contributed by atoms with Crippen molar-refractivity contribution in [2.45, 2.75) is 19.4 Å². The molecular weight excluding hydrogens is 348 g/mol. The molecule has 2 amide bonds. The maximum absolute atomic E-state index is 12.5. The lowest BCUT2D eigenvalue weighted by atomic mass is 10.1. The summed E-state index contributed by atoms with van der Waals surface area (Å²) in [4.78, 5) is 35.5. The van der Waals surface area contributed by atoms with E-state index < -0.39 is 23.8 Å². The summed E-state index contributed by atoms with van der Waals surface area (Å²) < 4.78 is 0. The fourth-order valence-corrected chi connectivity index (χ4v) is 2.37. The molecule has 0 aliphatic rings. The number of carboxylic acid groups (broad SMARTS) is 1. The molecule has 0 aliphatic heterocycles. The normalized spacial score (nSPS) is 12.1. The van der Waals surface area contributed by atoms with Crippen molar-refractivity contribution in [3.63, 3.8) is 0 Å². The van der Waals surface area contributed by atoms with Crippen LogP contribution in [0.2, 0.25) is 0 Å². The van der Waals surface area contributed by atoms with Crippen LogP contribution in [0.15, 0.2) is 60.3 Å². The summed E-state index contributed by atoms with van der Waals surface area (Å²) in [5.41, 5.74) is 1.26. The van der Waals surface area contributed by atoms with Crippen molar-refractivity contribution < 1.29 is 24.6 Å². The van der Waals surface area contributed by atoms with Gasteiger partial charge in [-0.2, -0.15) is 0 Å². The molecular formula is C20H20N2O5. The molecule has 0 saturated heterocycles. The number of aromatic hydroxyl groups is 1. The van der Waals surface area contributed by atoms with Gasteiger partial charge >= 0.3 is 5.97 Å². The largest absolute Gasteiger partial charge is 0.508 e. The van der Waals surface area contributed by atoms with Gasteiger partial charge in [0.1, 0.15) is 17.5 Å². The van der Waals surface area contributed by atoms with E-state index in [1.807, 2.05) is 6.07 Å². The average Bonchev–Trinajstić information content (AvgIpc) is 2.62. The van der Waals surface area contributed by atoms with Crippen molar-refractivity contribution >= 4 is 23.9 Å². The minimum absolute atomic E-state index is 0.0278. The Morgan fingerprint density at radius 3 is 2.22 bits per heavy atom. The highest BCUT2D eigenvalue weighted by Crippen LogP contribution is 2.12. The third-order valence-electron chi connectivity index (χ3n) is 3.65. The summed E-state index contributed by atoms with van der Waals surface area (Å²) in [6.45, 7) is 1.26. The fraction of sp³-hybridized carbons (Fsp3) is 0.150. The molecule has 7 nitrogen and oxygen atoms in total. The van der Waals surface area contributed by atoms with Gasteiger partial charge in [0.2, 0.25) is 5.91 Å². The predicted octanol–water partition coefficient (Wildman–Crippen LogP) is 1.68. The maximum Gasteiger partial charge on any atom is 0.326 e. The Kier molecular flexibility index (Phi) is 6.71. The second-order valence-electron chi connectivity index (χ2n) is 5.88. The van der Waals surface area contributed by atoms with Crippen molar-refractivity contribution in [2.75, 3.05) is 0 Å². The number of amides is 2. The Bertz CT molecular complexity index is 844. The van der Waals surface area contributed by atoms with Crippen LogP contribution in [0.1, 0.15) is 18.1 Å². The van der Waals surface area contributed by atoms with Crippen LogP contribution in [0.25, 0.3) is 6.08 Å². The number of rotatable bonds is 7. The summed E-state index contributed by atoms with van der Waals surface area (Å²) in [6.07, 6.45) is 1.50. The van der Waals surface area contributed by atoms with Crippen LogP contribution in [0, 0.1) is 0 Å². The third kappa shape index (κ3) is 6.32. The summed E-state index contributed by atoms with van der Waals surface area (Å²) in [7, 11) is 0. The van der Waals surface area contributed by atoms with Crippen LogP contribution >= 0.6 is 0 Å². The van der Waals surface area contributed by atoms with Crippen LogP contribution in [0.4, 0.5) is 0 Å². The smallest absolute Gasteiger partial charge is 0.326 e. The molecule has 0 aliphatic carbocycles. The van der Waals surface area contributed by atoms with E-state index in [9.17, 15) is 24.6 Å². The average molecular weight is 368 g/mol. The fourth-order valence-electron chi connectivity index (χ4n) is 2.37. The highest BCUT2D eigenvalue weighted by molar-refractivity contribution is 6.02. The van der Waals surface area contributed by atoms with Crippen LogP contribution in [-0.4, -0.2) is 34.0 Å². The van der Waals surface area contributed by atoms with Gasteiger partial charge in [-0.1, -0.05) is 42.5 Å². The second-order valence-corrected chi connectivity index (χ2v) is 5.88. The molecule has 0 spiro atoms. The molecule has 0 unspecified atom stereocenters. The zero-order valence-corrected chi connectivity index (χ0v) is 14.7. The second kappa shape index (κ2) is 9.19. The van der Waals surface area contributed by atoms with E-state index in [1.54, 1.807) is 36.4 Å². The number of carbonyl (C=O) groups excluding carboxylic acids is 2. The number of benzene rings is 2. The number of hydrogen-bond acceptors (Lipinski definition) is 4. The van der Waals surface area contributed by atoms with E-state index >= 15 is 0 Å². The zero-order chi connectivity index (χ0) is 19.8. The molecule has 0 aromatic heterocycles. The lowest BCUT2D eigenvalue weighted by molar-refractivity contribution is -0.141. The van der Waals surface area contributed by atoms with Gasteiger partial charge in [-0.25, -0.2) is 4.79 Å². The topological polar surface area (TPSA) is 116 Å². The van der Waals surface area contributed by atoms with Gasteiger partial charge in [-0.3, -0.25) is 9.59 Å². The van der Waals surface area contributed by atoms with Crippen LogP contribution < -0.4 is 10.6 Å². The molecule has 4 N–H and O–H groups in total. The standard InChI is InChI=1S/C20H20N2O5/c1-13(23)21-17(11-14-5-3-2-4-6-14)19(25)22-18(20(26)27)12-15-7-9-16(24)10-8-15/h2-11,18,24H,12H2,1H3,(H,21,23)(H,22,25)(H,26,27)/b17-11-/t18-/m0/s1. The SMILES string of the molecule is CC(=O)N/C(=C\c1ccccc1)C(=O)N[C@@H](Cc1ccc(O)cc1)C(=O)O. The first-order valence-corrected chi connectivity index (χ1v) is 8.21. The lowest BCUT2D eigenvalue weighted by Gasteiger charge is -2.16. The Hall–Kier alpha value is -3.61. The van der Waals surface area contributed by atoms with Crippen molar-refractivity contribution in [2.24, 2.45) is 0 Å². The van der Waals surface area contributed by atoms with Gasteiger partial charge in [-0.05, 0) is 29.3 Å². The molecule has 27 heavy (non-hydrogen) atoms.